The molecule has 2 rings (SSSR count). The van der Waals surface area contributed by atoms with E-state index in [9.17, 15) is 9.59 Å². The van der Waals surface area contributed by atoms with Crippen LogP contribution < -0.4 is 0 Å². The molecule has 0 saturated heterocycles. The molecule has 0 spiro atoms. The Labute approximate surface area is 177 Å². The van der Waals surface area contributed by atoms with Crippen LogP contribution in [0.5, 0.6) is 0 Å². The molecule has 0 amide bonds. The number of rotatable bonds is 7. The number of carbonyl (C=O) groups excluding carboxylic acids is 2. The highest BCUT2D eigenvalue weighted by molar-refractivity contribution is 7.90. The molecule has 0 bridgehead atoms. The monoisotopic (exact) mass is 442 g/mol. The fourth-order valence-electron chi connectivity index (χ4n) is 3.15. The van der Waals surface area contributed by atoms with E-state index in [-0.39, 0.29) is 26.7 Å². The molecule has 1 unspecified atom stereocenters. The van der Waals surface area contributed by atoms with E-state index in [0.717, 1.165) is 29.5 Å². The number of carbonyl (C=O) groups is 2. The second-order valence-electron chi connectivity index (χ2n) is 6.63. The van der Waals surface area contributed by atoms with Gasteiger partial charge in [-0.3, -0.25) is 9.59 Å². The van der Waals surface area contributed by atoms with E-state index in [1.165, 1.54) is 12.1 Å². The molecule has 0 aliphatic rings. The molecule has 2 aromatic carbocycles. The van der Waals surface area contributed by atoms with Gasteiger partial charge >= 0.3 is 0 Å². The third-order valence-electron chi connectivity index (χ3n) is 4.34. The molecule has 1 atom stereocenters. The predicted molar refractivity (Wildman–Crippen MR) is 117 cm³/mol. The molecule has 0 heterocycles. The third-order valence-corrected chi connectivity index (χ3v) is 7.34. The highest BCUT2D eigenvalue weighted by Gasteiger charge is 2.32. The van der Waals surface area contributed by atoms with Gasteiger partial charge in [0.25, 0.3) is 0 Å². The summed E-state index contributed by atoms with van der Waals surface area (Å²) in [5.74, 6) is 0. The smallest absolute Gasteiger partial charge is 0.195 e. The lowest BCUT2D eigenvalue weighted by atomic mass is 10.0. The van der Waals surface area contributed by atoms with Gasteiger partial charge in [0, 0.05) is 18.5 Å². The zero-order valence-electron chi connectivity index (χ0n) is 15.8. The zero-order valence-corrected chi connectivity index (χ0v) is 19.0. The van der Waals surface area contributed by atoms with Crippen LogP contribution in [0.15, 0.2) is 24.3 Å². The van der Waals surface area contributed by atoms with Gasteiger partial charge < -0.3 is 0 Å². The largest absolute Gasteiger partial charge is 0.289 e. The summed E-state index contributed by atoms with van der Waals surface area (Å²) in [4.78, 5) is 26.7. The number of aryl methyl sites for hydroxylation is 3. The van der Waals surface area contributed by atoms with Crippen molar-refractivity contribution in [2.24, 2.45) is 0 Å². The average molecular weight is 444 g/mol. The molecular weight excluding hydrogens is 422 g/mol. The van der Waals surface area contributed by atoms with Crippen molar-refractivity contribution in [3.05, 3.63) is 67.2 Å². The van der Waals surface area contributed by atoms with Gasteiger partial charge in [-0.2, -0.15) is 0 Å². The van der Waals surface area contributed by atoms with Crippen LogP contribution in [-0.2, 0) is 0 Å². The molecule has 0 saturated carbocycles. The summed E-state index contributed by atoms with van der Waals surface area (Å²) in [7, 11) is -1.62. The summed E-state index contributed by atoms with van der Waals surface area (Å²) < 4.78 is 0. The fraction of sp³-hybridized carbons (Fsp3) is 0.333. The minimum Gasteiger partial charge on any atom is -0.289 e. The summed E-state index contributed by atoms with van der Waals surface area (Å²) in [6.07, 6.45) is 2.20. The summed E-state index contributed by atoms with van der Waals surface area (Å²) >= 11 is 18.5. The molecule has 0 fully saturated rings. The summed E-state index contributed by atoms with van der Waals surface area (Å²) in [5.41, 5.74) is 3.31. The Kier molecular flexibility index (Phi) is 7.89. The topological polar surface area (TPSA) is 34.1 Å². The summed E-state index contributed by atoms with van der Waals surface area (Å²) in [5, 5.41) is 0.731. The number of benzene rings is 2. The van der Waals surface area contributed by atoms with Crippen molar-refractivity contribution in [2.75, 3.05) is 6.16 Å². The van der Waals surface area contributed by atoms with Crippen molar-refractivity contribution in [1.82, 2.24) is 0 Å². The van der Waals surface area contributed by atoms with Gasteiger partial charge in [-0.05, 0) is 56.6 Å². The summed E-state index contributed by atoms with van der Waals surface area (Å²) in [6.45, 7) is 7.85. The van der Waals surface area contributed by atoms with Crippen LogP contribution in [0, 0.1) is 20.8 Å². The van der Waals surface area contributed by atoms with Crippen LogP contribution in [0.1, 0.15) is 57.2 Å². The molecule has 2 aromatic rings. The van der Waals surface area contributed by atoms with Gasteiger partial charge in [-0.15, -0.1) is 0 Å². The van der Waals surface area contributed by atoms with Crippen LogP contribution >= 0.6 is 42.7 Å². The van der Waals surface area contributed by atoms with E-state index in [0.29, 0.717) is 16.7 Å². The van der Waals surface area contributed by atoms with Gasteiger partial charge in [0.15, 0.2) is 11.0 Å². The average Bonchev–Trinajstić information content (AvgIpc) is 2.53. The molecular formula is C21H22Cl3O2P. The SMILES string of the molecule is CCCCP(C(=O)c1c(C)cc(C)cc1C)C(=O)c1c(Cl)cc(Cl)cc1Cl. The molecule has 2 nitrogen and oxygen atoms in total. The lowest BCUT2D eigenvalue weighted by Crippen LogP contribution is -2.13. The van der Waals surface area contributed by atoms with E-state index >= 15 is 0 Å². The lowest BCUT2D eigenvalue weighted by Gasteiger charge is -2.19. The van der Waals surface area contributed by atoms with Gasteiger partial charge in [0.05, 0.1) is 15.6 Å². The third kappa shape index (κ3) is 5.12. The standard InChI is InChI=1S/C21H22Cl3O2P/c1-5-6-7-27(20(25)18-13(3)8-12(2)9-14(18)4)21(26)19-16(23)10-15(22)11-17(19)24/h8-11H,5-7H2,1-4H3. The van der Waals surface area contributed by atoms with Crippen LogP contribution in [0.2, 0.25) is 15.1 Å². The van der Waals surface area contributed by atoms with Gasteiger partial charge in [-0.25, -0.2) is 0 Å². The Bertz CT molecular complexity index is 777. The Morgan fingerprint density at radius 2 is 1.33 bits per heavy atom. The molecule has 0 aliphatic carbocycles. The van der Waals surface area contributed by atoms with Crippen molar-refractivity contribution in [3.63, 3.8) is 0 Å². The van der Waals surface area contributed by atoms with E-state index in [2.05, 4.69) is 0 Å². The molecule has 144 valence electrons. The first-order valence-corrected chi connectivity index (χ1v) is 11.4. The molecule has 0 radical (unpaired) electrons. The van der Waals surface area contributed by atoms with Gasteiger partial charge in [-0.1, -0.05) is 65.8 Å². The Morgan fingerprint density at radius 1 is 0.852 bits per heavy atom. The van der Waals surface area contributed by atoms with Crippen molar-refractivity contribution < 1.29 is 9.59 Å². The molecule has 0 N–H and O–H groups in total. The Balaban J connectivity index is 2.53. The summed E-state index contributed by atoms with van der Waals surface area (Å²) in [6, 6.07) is 6.92. The van der Waals surface area contributed by atoms with E-state index < -0.39 is 7.92 Å². The maximum absolute atomic E-state index is 13.4. The van der Waals surface area contributed by atoms with Crippen molar-refractivity contribution in [1.29, 1.82) is 0 Å². The first-order valence-electron chi connectivity index (χ1n) is 8.76. The first kappa shape index (κ1) is 22.4. The molecule has 27 heavy (non-hydrogen) atoms. The second kappa shape index (κ2) is 9.52. The van der Waals surface area contributed by atoms with Crippen LogP contribution in [-0.4, -0.2) is 17.2 Å². The van der Waals surface area contributed by atoms with Gasteiger partial charge in [0.2, 0.25) is 0 Å². The lowest BCUT2D eigenvalue weighted by molar-refractivity contribution is 0.105. The number of hydrogen-bond acceptors (Lipinski definition) is 2. The van der Waals surface area contributed by atoms with E-state index in [1.54, 1.807) is 0 Å². The fourth-order valence-corrected chi connectivity index (χ4v) is 6.62. The van der Waals surface area contributed by atoms with Gasteiger partial charge in [0.1, 0.15) is 0 Å². The molecule has 0 aliphatic heterocycles. The highest BCUT2D eigenvalue weighted by atomic mass is 35.5. The van der Waals surface area contributed by atoms with Crippen LogP contribution in [0.4, 0.5) is 0 Å². The minimum atomic E-state index is -1.62. The number of unbranched alkanes of at least 4 members (excludes halogenated alkanes) is 1. The predicted octanol–water partition coefficient (Wildman–Crippen LogP) is 7.83. The maximum atomic E-state index is 13.4. The van der Waals surface area contributed by atoms with Crippen molar-refractivity contribution >= 4 is 53.8 Å². The van der Waals surface area contributed by atoms with Crippen molar-refractivity contribution in [2.45, 2.75) is 40.5 Å². The quantitative estimate of drug-likeness (QED) is 0.408. The number of halogens is 3. The highest BCUT2D eigenvalue weighted by Crippen LogP contribution is 2.48. The Hall–Kier alpha value is -0.920. The van der Waals surface area contributed by atoms with Crippen molar-refractivity contribution in [3.8, 4) is 0 Å². The first-order chi connectivity index (χ1) is 12.7. The van der Waals surface area contributed by atoms with E-state index in [4.69, 9.17) is 34.8 Å². The normalized spacial score (nSPS) is 12.1. The second-order valence-corrected chi connectivity index (χ2v) is 10.0. The van der Waals surface area contributed by atoms with E-state index in [1.807, 2.05) is 39.8 Å². The number of hydrogen-bond donors (Lipinski definition) is 0. The molecule has 6 heteroatoms. The van der Waals surface area contributed by atoms with Crippen LogP contribution in [0.25, 0.3) is 0 Å². The Morgan fingerprint density at radius 3 is 1.81 bits per heavy atom. The van der Waals surface area contributed by atoms with Crippen LogP contribution in [0.3, 0.4) is 0 Å². The molecule has 0 aromatic heterocycles. The minimum absolute atomic E-state index is 0.111. The zero-order chi connectivity index (χ0) is 20.3. The maximum Gasteiger partial charge on any atom is 0.195 e.